The SMILES string of the molecule is CC(=N)c1ncnc2c1NOC(C(C)N(C)C(=O)OC(C)(C)C)Nc1cc-2cc(C#Cc2ccc3nc(C)ccc3c2)n1. The number of carbonyl (C=O) groups excluding carboxylic acids is 1. The van der Waals surface area contributed by atoms with Crippen LogP contribution in [-0.2, 0) is 9.57 Å². The summed E-state index contributed by atoms with van der Waals surface area (Å²) in [6.07, 6.45) is 0.118. The number of nitrogens with zero attached hydrogens (tertiary/aromatic N) is 5. The second kappa shape index (κ2) is 11.7. The van der Waals surface area contributed by atoms with Crippen LogP contribution in [0.2, 0.25) is 0 Å². The zero-order valence-electron chi connectivity index (χ0n) is 25.2. The Morgan fingerprint density at radius 1 is 1.12 bits per heavy atom. The maximum absolute atomic E-state index is 12.9. The lowest BCUT2D eigenvalue weighted by atomic mass is 10.1. The second-order valence-electron chi connectivity index (χ2n) is 11.4. The second-order valence-corrected chi connectivity index (χ2v) is 11.4. The van der Waals surface area contributed by atoms with Crippen molar-refractivity contribution < 1.29 is 14.4 Å². The molecule has 1 amide bonds. The molecule has 0 spiro atoms. The van der Waals surface area contributed by atoms with Crippen LogP contribution in [0.5, 0.6) is 0 Å². The number of likely N-dealkylation sites (N-methyl/N-ethyl adjacent to an activating group) is 1. The highest BCUT2D eigenvalue weighted by Crippen LogP contribution is 2.32. The summed E-state index contributed by atoms with van der Waals surface area (Å²) >= 11 is 0. The van der Waals surface area contributed by atoms with E-state index in [-0.39, 0.29) is 5.71 Å². The molecule has 1 aliphatic rings. The van der Waals surface area contributed by atoms with E-state index in [4.69, 9.17) is 20.0 Å². The van der Waals surface area contributed by atoms with E-state index in [1.807, 2.05) is 77.1 Å². The molecular weight excluding hydrogens is 544 g/mol. The third-order valence-electron chi connectivity index (χ3n) is 6.77. The van der Waals surface area contributed by atoms with Crippen LogP contribution in [0.15, 0.2) is 48.8 Å². The Kier molecular flexibility index (Phi) is 7.98. The van der Waals surface area contributed by atoms with E-state index in [0.717, 1.165) is 22.2 Å². The summed E-state index contributed by atoms with van der Waals surface area (Å²) in [5.74, 6) is 6.86. The van der Waals surface area contributed by atoms with Gasteiger partial charge >= 0.3 is 6.09 Å². The molecule has 3 aromatic heterocycles. The molecule has 43 heavy (non-hydrogen) atoms. The highest BCUT2D eigenvalue weighted by molar-refractivity contribution is 6.02. The molecule has 4 aromatic rings. The first kappa shape index (κ1) is 29.4. The van der Waals surface area contributed by atoms with Gasteiger partial charge in [0.05, 0.1) is 23.0 Å². The summed E-state index contributed by atoms with van der Waals surface area (Å²) in [5.41, 5.74) is 7.73. The number of ether oxygens (including phenoxy) is 1. The van der Waals surface area contributed by atoms with Crippen molar-refractivity contribution in [2.24, 2.45) is 0 Å². The molecule has 11 heteroatoms. The molecule has 1 aliphatic heterocycles. The smallest absolute Gasteiger partial charge is 0.410 e. The van der Waals surface area contributed by atoms with Crippen molar-refractivity contribution in [3.63, 3.8) is 0 Å². The number of anilines is 2. The average Bonchev–Trinajstić information content (AvgIpc) is 3.00. The summed E-state index contributed by atoms with van der Waals surface area (Å²) in [7, 11) is 1.64. The minimum Gasteiger partial charge on any atom is -0.444 e. The van der Waals surface area contributed by atoms with Crippen molar-refractivity contribution >= 4 is 34.2 Å². The molecule has 0 aliphatic carbocycles. The van der Waals surface area contributed by atoms with Gasteiger partial charge in [0.2, 0.25) is 0 Å². The van der Waals surface area contributed by atoms with Crippen LogP contribution >= 0.6 is 0 Å². The summed E-state index contributed by atoms with van der Waals surface area (Å²) in [5, 5.41) is 12.6. The van der Waals surface area contributed by atoms with E-state index < -0.39 is 24.0 Å². The number of carbonyl (C=O) groups is 1. The number of hydrogen-bond donors (Lipinski definition) is 3. The first-order valence-electron chi connectivity index (χ1n) is 13.8. The van der Waals surface area contributed by atoms with E-state index in [1.165, 1.54) is 11.2 Å². The number of aryl methyl sites for hydroxylation is 1. The fourth-order valence-corrected chi connectivity index (χ4v) is 4.45. The monoisotopic (exact) mass is 578 g/mol. The third kappa shape index (κ3) is 6.71. The molecule has 2 bridgehead atoms. The summed E-state index contributed by atoms with van der Waals surface area (Å²) in [4.78, 5) is 38.5. The van der Waals surface area contributed by atoms with Crippen molar-refractivity contribution in [3.05, 3.63) is 71.4 Å². The van der Waals surface area contributed by atoms with Crippen molar-refractivity contribution in [1.82, 2.24) is 24.8 Å². The molecular formula is C32H34N8O3. The van der Waals surface area contributed by atoms with Crippen molar-refractivity contribution in [1.29, 1.82) is 5.41 Å². The predicted molar refractivity (Wildman–Crippen MR) is 166 cm³/mol. The summed E-state index contributed by atoms with van der Waals surface area (Å²) in [6.45, 7) is 10.9. The zero-order valence-corrected chi connectivity index (χ0v) is 25.2. The van der Waals surface area contributed by atoms with Crippen molar-refractivity contribution in [2.75, 3.05) is 17.8 Å². The minimum atomic E-state index is -0.789. The van der Waals surface area contributed by atoms with Crippen LogP contribution in [0.4, 0.5) is 16.3 Å². The molecule has 2 unspecified atom stereocenters. The molecule has 4 heterocycles. The van der Waals surface area contributed by atoms with Gasteiger partial charge in [0, 0.05) is 29.3 Å². The standard InChI is InChI=1S/C32H34N8O3/c1-18-8-11-22-14-21(10-13-25(22)36-18)9-12-24-15-23-16-26(37-24)38-30(20(3)40(7)31(41)42-32(4,5)6)43-39-29-27(19(2)33)34-17-35-28(23)29/h8,10-11,13-17,20,30,33,39H,1-7H3,(H,37,38). The molecule has 5 rings (SSSR count). The average molecular weight is 579 g/mol. The van der Waals surface area contributed by atoms with Crippen LogP contribution in [0, 0.1) is 24.2 Å². The van der Waals surface area contributed by atoms with Gasteiger partial charge in [0.25, 0.3) is 0 Å². The Hall–Kier alpha value is -5.08. The van der Waals surface area contributed by atoms with Crippen molar-refractivity contribution in [2.45, 2.75) is 59.4 Å². The molecule has 0 saturated heterocycles. The Bertz CT molecular complexity index is 1790. The third-order valence-corrected chi connectivity index (χ3v) is 6.77. The summed E-state index contributed by atoms with van der Waals surface area (Å²) in [6, 6.07) is 13.0. The van der Waals surface area contributed by atoms with Gasteiger partial charge in [-0.25, -0.2) is 24.6 Å². The maximum atomic E-state index is 12.9. The van der Waals surface area contributed by atoms with Crippen LogP contribution in [0.3, 0.4) is 0 Å². The Morgan fingerprint density at radius 3 is 2.65 bits per heavy atom. The molecule has 220 valence electrons. The van der Waals surface area contributed by atoms with E-state index in [0.29, 0.717) is 34.2 Å². The number of aromatic nitrogens is 4. The van der Waals surface area contributed by atoms with Gasteiger partial charge in [-0.15, -0.1) is 0 Å². The molecule has 0 saturated carbocycles. The van der Waals surface area contributed by atoms with Crippen molar-refractivity contribution in [3.8, 4) is 23.1 Å². The van der Waals surface area contributed by atoms with E-state index in [1.54, 1.807) is 14.0 Å². The van der Waals surface area contributed by atoms with Gasteiger partial charge in [-0.3, -0.25) is 10.5 Å². The normalized spacial score (nSPS) is 14.8. The zero-order chi connectivity index (χ0) is 30.9. The fourth-order valence-electron chi connectivity index (χ4n) is 4.45. The Labute approximate surface area is 250 Å². The number of nitrogens with one attached hydrogen (secondary N) is 3. The molecule has 11 nitrogen and oxygen atoms in total. The van der Waals surface area contributed by atoms with Gasteiger partial charge in [0.1, 0.15) is 34.8 Å². The van der Waals surface area contributed by atoms with Crippen LogP contribution < -0.4 is 10.8 Å². The number of rotatable bonds is 3. The lowest BCUT2D eigenvalue weighted by Crippen LogP contribution is -2.49. The number of hydrogen-bond acceptors (Lipinski definition) is 10. The highest BCUT2D eigenvalue weighted by atomic mass is 16.7. The van der Waals surface area contributed by atoms with E-state index >= 15 is 0 Å². The lowest BCUT2D eigenvalue weighted by Gasteiger charge is -2.33. The fraction of sp³-hybridized carbons (Fsp3) is 0.312. The first-order valence-corrected chi connectivity index (χ1v) is 13.8. The maximum Gasteiger partial charge on any atom is 0.410 e. The van der Waals surface area contributed by atoms with Crippen LogP contribution in [0.25, 0.3) is 22.2 Å². The van der Waals surface area contributed by atoms with E-state index in [9.17, 15) is 4.79 Å². The van der Waals surface area contributed by atoms with Gasteiger partial charge in [0.15, 0.2) is 6.23 Å². The van der Waals surface area contributed by atoms with E-state index in [2.05, 4.69) is 37.6 Å². The minimum absolute atomic E-state index is 0.229. The van der Waals surface area contributed by atoms with Gasteiger partial charge in [-0.05, 0) is 83.9 Å². The number of benzene rings is 1. The lowest BCUT2D eigenvalue weighted by molar-refractivity contribution is 0.00111. The number of pyridine rings is 2. The van der Waals surface area contributed by atoms with Gasteiger partial charge < -0.3 is 20.4 Å². The highest BCUT2D eigenvalue weighted by Gasteiger charge is 2.31. The molecule has 3 N–H and O–H groups in total. The molecule has 1 aromatic carbocycles. The first-order chi connectivity index (χ1) is 20.4. The Morgan fingerprint density at radius 2 is 1.91 bits per heavy atom. The number of amides is 1. The Balaban J connectivity index is 1.55. The summed E-state index contributed by atoms with van der Waals surface area (Å²) < 4.78 is 5.57. The molecule has 0 radical (unpaired) electrons. The van der Waals surface area contributed by atoms with Gasteiger partial charge in [-0.2, -0.15) is 0 Å². The predicted octanol–water partition coefficient (Wildman–Crippen LogP) is 5.53. The quantitative estimate of drug-likeness (QED) is 0.211. The number of fused-ring (bicyclic) bond motifs is 5. The van der Waals surface area contributed by atoms with Gasteiger partial charge in [-0.1, -0.05) is 12.0 Å². The van der Waals surface area contributed by atoms with Crippen LogP contribution in [-0.4, -0.2) is 61.6 Å². The van der Waals surface area contributed by atoms with Crippen LogP contribution in [0.1, 0.15) is 57.3 Å². The molecule has 0 fully saturated rings. The largest absolute Gasteiger partial charge is 0.444 e. The topological polar surface area (TPSA) is 138 Å². The molecule has 2 atom stereocenters.